The number of fused-ring (bicyclic) bond motifs is 1. The van der Waals surface area contributed by atoms with Gasteiger partial charge in [-0.05, 0) is 35.9 Å². The fourth-order valence-electron chi connectivity index (χ4n) is 3.51. The van der Waals surface area contributed by atoms with Crippen LogP contribution in [-0.4, -0.2) is 42.9 Å². The average molecular weight is 406 g/mol. The van der Waals surface area contributed by atoms with E-state index in [1.807, 2.05) is 41.1 Å². The van der Waals surface area contributed by atoms with Crippen molar-refractivity contribution in [3.05, 3.63) is 55.0 Å². The van der Waals surface area contributed by atoms with E-state index in [1.165, 1.54) is 7.11 Å². The van der Waals surface area contributed by atoms with Crippen molar-refractivity contribution in [2.45, 2.75) is 0 Å². The van der Waals surface area contributed by atoms with Crippen LogP contribution in [0.25, 0.3) is 27.9 Å². The Morgan fingerprint density at radius 3 is 2.07 bits per heavy atom. The first-order valence-electron chi connectivity index (χ1n) is 9.24. The monoisotopic (exact) mass is 406 g/mol. The van der Waals surface area contributed by atoms with E-state index in [1.54, 1.807) is 39.7 Å². The van der Waals surface area contributed by atoms with Crippen molar-refractivity contribution in [2.75, 3.05) is 28.4 Å². The Morgan fingerprint density at radius 2 is 1.47 bits per heavy atom. The molecule has 0 fully saturated rings. The van der Waals surface area contributed by atoms with Crippen molar-refractivity contribution in [1.29, 1.82) is 0 Å². The molecule has 0 spiro atoms. The topological polar surface area (TPSA) is 74.5 Å². The summed E-state index contributed by atoms with van der Waals surface area (Å²) >= 11 is 0. The number of methoxy groups -OCH3 is 4. The predicted octanol–water partition coefficient (Wildman–Crippen LogP) is 4.41. The zero-order valence-corrected chi connectivity index (χ0v) is 17.2. The van der Waals surface area contributed by atoms with Gasteiger partial charge in [0.1, 0.15) is 0 Å². The normalized spacial score (nSPS) is 10.8. The Bertz CT molecular complexity index is 1190. The maximum absolute atomic E-state index is 10.1. The Hall–Kier alpha value is -3.87. The highest BCUT2D eigenvalue weighted by atomic mass is 16.5. The van der Waals surface area contributed by atoms with Gasteiger partial charge in [0, 0.05) is 29.7 Å². The smallest absolute Gasteiger partial charge is 0.203 e. The Labute approximate surface area is 174 Å². The molecule has 2 aromatic heterocycles. The molecular weight excluding hydrogens is 384 g/mol. The maximum Gasteiger partial charge on any atom is 0.203 e. The molecule has 7 nitrogen and oxygen atoms in total. The summed E-state index contributed by atoms with van der Waals surface area (Å²) in [6.07, 6.45) is 5.60. The Balaban J connectivity index is 1.87. The van der Waals surface area contributed by atoms with Gasteiger partial charge in [-0.3, -0.25) is 4.98 Å². The van der Waals surface area contributed by atoms with E-state index in [-0.39, 0.29) is 5.75 Å². The van der Waals surface area contributed by atoms with Gasteiger partial charge >= 0.3 is 0 Å². The second-order valence-corrected chi connectivity index (χ2v) is 6.60. The van der Waals surface area contributed by atoms with Gasteiger partial charge in [0.05, 0.1) is 39.6 Å². The van der Waals surface area contributed by atoms with E-state index in [9.17, 15) is 5.11 Å². The molecule has 0 amide bonds. The van der Waals surface area contributed by atoms with Crippen LogP contribution in [0, 0.1) is 0 Å². The summed E-state index contributed by atoms with van der Waals surface area (Å²) in [5.41, 5.74) is 4.30. The zero-order valence-electron chi connectivity index (χ0n) is 17.2. The molecule has 154 valence electrons. The molecule has 2 aromatic carbocycles. The molecule has 0 aliphatic heterocycles. The standard InChI is InChI=1S/C23H22N2O5/c1-27-19-6-5-14(10-18(19)26)16-9-17-22(24-7-8-25(17)13-16)15-11-20(28-2)23(30-4)21(12-15)29-3/h5-13,26H,1-4H3. The van der Waals surface area contributed by atoms with Crippen molar-refractivity contribution in [3.8, 4) is 51.1 Å². The van der Waals surface area contributed by atoms with Crippen molar-refractivity contribution >= 4 is 5.52 Å². The molecule has 0 aliphatic rings. The third kappa shape index (κ3) is 3.24. The lowest BCUT2D eigenvalue weighted by Gasteiger charge is -2.14. The molecule has 0 unspecified atom stereocenters. The molecule has 0 saturated carbocycles. The molecule has 7 heteroatoms. The van der Waals surface area contributed by atoms with Gasteiger partial charge in [0.25, 0.3) is 0 Å². The Morgan fingerprint density at radius 1 is 0.767 bits per heavy atom. The van der Waals surface area contributed by atoms with Crippen molar-refractivity contribution < 1.29 is 24.1 Å². The first-order chi connectivity index (χ1) is 14.6. The lowest BCUT2D eigenvalue weighted by Crippen LogP contribution is -1.97. The lowest BCUT2D eigenvalue weighted by atomic mass is 10.1. The molecule has 2 heterocycles. The summed E-state index contributed by atoms with van der Waals surface area (Å²) in [6, 6.07) is 11.1. The molecule has 0 saturated heterocycles. The van der Waals surface area contributed by atoms with Gasteiger partial charge in [-0.2, -0.15) is 0 Å². The van der Waals surface area contributed by atoms with Crippen molar-refractivity contribution in [1.82, 2.24) is 9.38 Å². The molecule has 0 atom stereocenters. The average Bonchev–Trinajstić information content (AvgIpc) is 3.22. The zero-order chi connectivity index (χ0) is 21.3. The lowest BCUT2D eigenvalue weighted by molar-refractivity contribution is 0.324. The van der Waals surface area contributed by atoms with Crippen LogP contribution >= 0.6 is 0 Å². The van der Waals surface area contributed by atoms with E-state index < -0.39 is 0 Å². The second kappa shape index (κ2) is 7.87. The van der Waals surface area contributed by atoms with Gasteiger partial charge in [0.15, 0.2) is 23.0 Å². The maximum atomic E-state index is 10.1. The van der Waals surface area contributed by atoms with E-state index >= 15 is 0 Å². The number of phenols is 1. The van der Waals surface area contributed by atoms with Gasteiger partial charge in [-0.25, -0.2) is 0 Å². The number of benzene rings is 2. The first-order valence-corrected chi connectivity index (χ1v) is 9.24. The van der Waals surface area contributed by atoms with E-state index in [2.05, 4.69) is 4.98 Å². The minimum atomic E-state index is 0.0910. The molecule has 30 heavy (non-hydrogen) atoms. The van der Waals surface area contributed by atoms with Gasteiger partial charge in [-0.15, -0.1) is 0 Å². The van der Waals surface area contributed by atoms with Crippen molar-refractivity contribution in [3.63, 3.8) is 0 Å². The summed E-state index contributed by atoms with van der Waals surface area (Å²) in [4.78, 5) is 4.59. The number of phenolic OH excluding ortho intramolecular Hbond substituents is 1. The summed E-state index contributed by atoms with van der Waals surface area (Å²) < 4.78 is 23.5. The quantitative estimate of drug-likeness (QED) is 0.511. The summed E-state index contributed by atoms with van der Waals surface area (Å²) in [7, 11) is 6.26. The molecule has 4 aromatic rings. The first kappa shape index (κ1) is 19.4. The largest absolute Gasteiger partial charge is 0.504 e. The number of rotatable bonds is 6. The number of nitrogens with zero attached hydrogens (tertiary/aromatic N) is 2. The van der Waals surface area contributed by atoms with Crippen LogP contribution in [0.3, 0.4) is 0 Å². The summed E-state index contributed by atoms with van der Waals surface area (Å²) in [5.74, 6) is 2.17. The number of aromatic nitrogens is 2. The molecule has 0 aliphatic carbocycles. The summed E-state index contributed by atoms with van der Waals surface area (Å²) in [5, 5.41) is 10.1. The molecule has 0 bridgehead atoms. The third-order valence-corrected chi connectivity index (χ3v) is 4.97. The minimum Gasteiger partial charge on any atom is -0.504 e. The van der Waals surface area contributed by atoms with E-state index in [0.717, 1.165) is 27.9 Å². The van der Waals surface area contributed by atoms with Crippen molar-refractivity contribution in [2.24, 2.45) is 0 Å². The number of aromatic hydroxyl groups is 1. The van der Waals surface area contributed by atoms with E-state index in [0.29, 0.717) is 23.0 Å². The van der Waals surface area contributed by atoms with Crippen LogP contribution in [0.1, 0.15) is 0 Å². The Kier molecular flexibility index (Phi) is 5.10. The van der Waals surface area contributed by atoms with Crippen LogP contribution in [0.5, 0.6) is 28.7 Å². The van der Waals surface area contributed by atoms with Gasteiger partial charge in [-0.1, -0.05) is 6.07 Å². The minimum absolute atomic E-state index is 0.0910. The number of hydrogen-bond donors (Lipinski definition) is 1. The fraction of sp³-hybridized carbons (Fsp3) is 0.174. The molecule has 1 N–H and O–H groups in total. The highest BCUT2D eigenvalue weighted by molar-refractivity contribution is 5.84. The van der Waals surface area contributed by atoms with Crippen LogP contribution in [0.4, 0.5) is 0 Å². The predicted molar refractivity (Wildman–Crippen MR) is 114 cm³/mol. The molecular formula is C23H22N2O5. The molecule has 0 radical (unpaired) electrons. The number of ether oxygens (including phenoxy) is 4. The van der Waals surface area contributed by atoms with Gasteiger partial charge < -0.3 is 28.5 Å². The number of hydrogen-bond acceptors (Lipinski definition) is 6. The summed E-state index contributed by atoms with van der Waals surface area (Å²) in [6.45, 7) is 0. The highest BCUT2D eigenvalue weighted by Gasteiger charge is 2.17. The SMILES string of the molecule is COc1ccc(-c2cc3c(-c4cc(OC)c(OC)c(OC)c4)nccn3c2)cc1O. The third-order valence-electron chi connectivity index (χ3n) is 4.97. The highest BCUT2D eigenvalue weighted by Crippen LogP contribution is 2.42. The van der Waals surface area contributed by atoms with Crippen LogP contribution in [-0.2, 0) is 0 Å². The fourth-order valence-corrected chi connectivity index (χ4v) is 3.51. The van der Waals surface area contributed by atoms with Crippen LogP contribution < -0.4 is 18.9 Å². The van der Waals surface area contributed by atoms with Crippen LogP contribution in [0.2, 0.25) is 0 Å². The van der Waals surface area contributed by atoms with Crippen LogP contribution in [0.15, 0.2) is 55.0 Å². The van der Waals surface area contributed by atoms with Gasteiger partial charge in [0.2, 0.25) is 5.75 Å². The second-order valence-electron chi connectivity index (χ2n) is 6.60. The molecule has 4 rings (SSSR count). The van der Waals surface area contributed by atoms with E-state index in [4.69, 9.17) is 18.9 Å².